The van der Waals surface area contributed by atoms with Crippen molar-refractivity contribution in [3.8, 4) is 0 Å². The molecule has 4 atom stereocenters. The minimum absolute atomic E-state index is 0.132. The van der Waals surface area contributed by atoms with E-state index in [2.05, 4.69) is 11.7 Å². The van der Waals surface area contributed by atoms with E-state index in [1.165, 1.54) is 32.1 Å². The molecule has 0 saturated heterocycles. The van der Waals surface area contributed by atoms with Crippen LogP contribution in [0.4, 0.5) is 0 Å². The first-order chi connectivity index (χ1) is 13.4. The summed E-state index contributed by atoms with van der Waals surface area (Å²) < 4.78 is 14.7. The highest BCUT2D eigenvalue weighted by molar-refractivity contribution is 5.69. The van der Waals surface area contributed by atoms with Gasteiger partial charge in [0.2, 0.25) is 6.29 Å². The standard InChI is InChI=1S/C19H38O9/c1-2-3-4-5-6-7-8-9-10-11-16(23)28-19(26-14-15(22)12-20)18(25)27-17(24)13-21/h15,17-22,24-25H,2-14H2,1H3. The van der Waals surface area contributed by atoms with Gasteiger partial charge in [-0.2, -0.15) is 0 Å². The van der Waals surface area contributed by atoms with Gasteiger partial charge in [-0.1, -0.05) is 58.3 Å². The molecule has 168 valence electrons. The Kier molecular flexibility index (Phi) is 17.7. The lowest BCUT2D eigenvalue weighted by molar-refractivity contribution is -0.306. The van der Waals surface area contributed by atoms with E-state index >= 15 is 0 Å². The van der Waals surface area contributed by atoms with E-state index in [1.807, 2.05) is 0 Å². The molecule has 0 bridgehead atoms. The number of rotatable bonds is 19. The number of carbonyl (C=O) groups excluding carboxylic acids is 1. The third kappa shape index (κ3) is 15.2. The van der Waals surface area contributed by atoms with E-state index in [9.17, 15) is 20.1 Å². The molecule has 0 heterocycles. The molecule has 0 aromatic rings. The molecular weight excluding hydrogens is 372 g/mol. The summed E-state index contributed by atoms with van der Waals surface area (Å²) in [7, 11) is 0. The van der Waals surface area contributed by atoms with Crippen molar-refractivity contribution < 1.29 is 44.5 Å². The molecule has 0 aromatic heterocycles. The van der Waals surface area contributed by atoms with Crippen molar-refractivity contribution in [3.05, 3.63) is 0 Å². The molecule has 0 aromatic carbocycles. The summed E-state index contributed by atoms with van der Waals surface area (Å²) in [5, 5.41) is 45.9. The molecule has 0 aliphatic heterocycles. The molecule has 0 radical (unpaired) electrons. The van der Waals surface area contributed by atoms with Gasteiger partial charge in [-0.3, -0.25) is 4.79 Å². The molecule has 28 heavy (non-hydrogen) atoms. The normalized spacial score (nSPS) is 15.8. The van der Waals surface area contributed by atoms with Crippen LogP contribution in [0.3, 0.4) is 0 Å². The van der Waals surface area contributed by atoms with E-state index in [-0.39, 0.29) is 6.42 Å². The topological polar surface area (TPSA) is 146 Å². The highest BCUT2D eigenvalue weighted by Crippen LogP contribution is 2.13. The van der Waals surface area contributed by atoms with Crippen LogP contribution in [0.25, 0.3) is 0 Å². The van der Waals surface area contributed by atoms with E-state index < -0.39 is 50.8 Å². The Balaban J connectivity index is 4.13. The van der Waals surface area contributed by atoms with Crippen LogP contribution in [0.5, 0.6) is 0 Å². The van der Waals surface area contributed by atoms with Crippen LogP contribution in [0.15, 0.2) is 0 Å². The fraction of sp³-hybridized carbons (Fsp3) is 0.947. The van der Waals surface area contributed by atoms with Gasteiger partial charge in [0.05, 0.1) is 19.8 Å². The van der Waals surface area contributed by atoms with Gasteiger partial charge in [-0.15, -0.1) is 0 Å². The Bertz CT molecular complexity index is 367. The van der Waals surface area contributed by atoms with E-state index in [0.717, 1.165) is 19.3 Å². The molecule has 0 fully saturated rings. The minimum atomic E-state index is -1.86. The molecule has 0 amide bonds. The summed E-state index contributed by atoms with van der Waals surface area (Å²) in [6.45, 7) is 0.427. The van der Waals surface area contributed by atoms with Crippen molar-refractivity contribution in [2.24, 2.45) is 0 Å². The van der Waals surface area contributed by atoms with Gasteiger partial charge in [0.15, 0.2) is 6.29 Å². The Hall–Kier alpha value is -0.810. The zero-order chi connectivity index (χ0) is 21.2. The largest absolute Gasteiger partial charge is 0.430 e. The van der Waals surface area contributed by atoms with Gasteiger partial charge in [0.25, 0.3) is 6.29 Å². The first-order valence-electron chi connectivity index (χ1n) is 10.2. The number of hydrogen-bond donors (Lipinski definition) is 5. The number of aliphatic hydroxyl groups excluding tert-OH is 5. The zero-order valence-corrected chi connectivity index (χ0v) is 16.9. The van der Waals surface area contributed by atoms with Crippen LogP contribution in [0.1, 0.15) is 71.1 Å². The second-order valence-corrected chi connectivity index (χ2v) is 6.77. The summed E-state index contributed by atoms with van der Waals surface area (Å²) in [5.74, 6) is -0.618. The summed E-state index contributed by atoms with van der Waals surface area (Å²) in [6, 6.07) is 0. The number of aliphatic hydroxyl groups is 5. The van der Waals surface area contributed by atoms with Gasteiger partial charge in [0.1, 0.15) is 6.10 Å². The molecule has 0 aliphatic carbocycles. The van der Waals surface area contributed by atoms with Gasteiger partial charge in [-0.05, 0) is 6.42 Å². The summed E-state index contributed by atoms with van der Waals surface area (Å²) >= 11 is 0. The SMILES string of the molecule is CCCCCCCCCCCC(=O)OC(OCC(O)CO)C(O)OC(O)CO. The van der Waals surface area contributed by atoms with Gasteiger partial charge in [0, 0.05) is 6.42 Å². The van der Waals surface area contributed by atoms with Crippen molar-refractivity contribution in [1.29, 1.82) is 0 Å². The number of hydrogen-bond acceptors (Lipinski definition) is 9. The average Bonchev–Trinajstić information content (AvgIpc) is 2.69. The predicted molar refractivity (Wildman–Crippen MR) is 101 cm³/mol. The molecule has 9 heteroatoms. The fourth-order valence-corrected chi connectivity index (χ4v) is 2.47. The number of carbonyl (C=O) groups is 1. The molecule has 0 aliphatic rings. The van der Waals surface area contributed by atoms with Crippen LogP contribution >= 0.6 is 0 Å². The molecular formula is C19H38O9. The molecule has 5 N–H and O–H groups in total. The molecule has 9 nitrogen and oxygen atoms in total. The van der Waals surface area contributed by atoms with Gasteiger partial charge < -0.3 is 39.7 Å². The maximum atomic E-state index is 11.9. The highest BCUT2D eigenvalue weighted by atomic mass is 16.8. The van der Waals surface area contributed by atoms with Gasteiger partial charge >= 0.3 is 5.97 Å². The highest BCUT2D eigenvalue weighted by Gasteiger charge is 2.28. The van der Waals surface area contributed by atoms with Crippen LogP contribution < -0.4 is 0 Å². The lowest BCUT2D eigenvalue weighted by atomic mass is 10.1. The maximum absolute atomic E-state index is 11.9. The summed E-state index contributed by atoms with van der Waals surface area (Å²) in [6.07, 6.45) is 3.66. The van der Waals surface area contributed by atoms with E-state index in [4.69, 9.17) is 19.7 Å². The van der Waals surface area contributed by atoms with Crippen LogP contribution in [-0.2, 0) is 19.0 Å². The first kappa shape index (κ1) is 27.2. The number of ether oxygens (including phenoxy) is 3. The Morgan fingerprint density at radius 3 is 1.96 bits per heavy atom. The van der Waals surface area contributed by atoms with Crippen molar-refractivity contribution >= 4 is 5.97 Å². The van der Waals surface area contributed by atoms with Crippen LogP contribution in [0, 0.1) is 0 Å². The van der Waals surface area contributed by atoms with Crippen molar-refractivity contribution in [3.63, 3.8) is 0 Å². The second kappa shape index (κ2) is 18.2. The number of unbranched alkanes of at least 4 members (excludes halogenated alkanes) is 8. The quantitative estimate of drug-likeness (QED) is 0.118. The van der Waals surface area contributed by atoms with E-state index in [1.54, 1.807) is 0 Å². The molecule has 0 saturated carbocycles. The smallest absolute Gasteiger partial charge is 0.308 e. The van der Waals surface area contributed by atoms with Crippen molar-refractivity contribution in [2.45, 2.75) is 96.1 Å². The van der Waals surface area contributed by atoms with Crippen LogP contribution in [-0.4, -0.2) is 76.3 Å². The third-order valence-corrected chi connectivity index (χ3v) is 4.08. The minimum Gasteiger partial charge on any atom is -0.430 e. The average molecular weight is 411 g/mol. The monoisotopic (exact) mass is 410 g/mol. The molecule has 0 spiro atoms. The second-order valence-electron chi connectivity index (χ2n) is 6.77. The zero-order valence-electron chi connectivity index (χ0n) is 16.9. The lowest BCUT2D eigenvalue weighted by Crippen LogP contribution is -2.40. The fourth-order valence-electron chi connectivity index (χ4n) is 2.47. The lowest BCUT2D eigenvalue weighted by Gasteiger charge is -2.25. The Morgan fingerprint density at radius 1 is 0.857 bits per heavy atom. The van der Waals surface area contributed by atoms with Crippen molar-refractivity contribution in [2.75, 3.05) is 19.8 Å². The molecule has 0 rings (SSSR count). The molecule has 4 unspecified atom stereocenters. The van der Waals surface area contributed by atoms with Gasteiger partial charge in [-0.25, -0.2) is 0 Å². The Morgan fingerprint density at radius 2 is 1.43 bits per heavy atom. The Labute approximate surface area is 167 Å². The summed E-state index contributed by atoms with van der Waals surface area (Å²) in [5.41, 5.74) is 0. The third-order valence-electron chi connectivity index (χ3n) is 4.08. The van der Waals surface area contributed by atoms with Crippen molar-refractivity contribution in [1.82, 2.24) is 0 Å². The predicted octanol–water partition coefficient (Wildman–Crippen LogP) is 0.792. The van der Waals surface area contributed by atoms with E-state index in [0.29, 0.717) is 6.42 Å². The maximum Gasteiger partial charge on any atom is 0.308 e. The van der Waals surface area contributed by atoms with Crippen LogP contribution in [0.2, 0.25) is 0 Å². The first-order valence-corrected chi connectivity index (χ1v) is 10.2. The summed E-state index contributed by atoms with van der Waals surface area (Å²) in [4.78, 5) is 11.9. The number of esters is 1.